The molecule has 4 heteroatoms. The van der Waals surface area contributed by atoms with Crippen molar-refractivity contribution in [2.75, 3.05) is 5.32 Å². The second-order valence-electron chi connectivity index (χ2n) is 4.06. The van der Waals surface area contributed by atoms with Crippen molar-refractivity contribution in [3.05, 3.63) is 41.5 Å². The molecule has 90 valence electrons. The van der Waals surface area contributed by atoms with E-state index >= 15 is 0 Å². The Kier molecular flexibility index (Phi) is 2.95. The highest BCUT2D eigenvalue weighted by Crippen LogP contribution is 2.22. The molecule has 0 radical (unpaired) electrons. The minimum Gasteiger partial charge on any atom is -0.494 e. The molecule has 0 bridgehead atoms. The molecule has 3 N–H and O–H groups in total. The van der Waals surface area contributed by atoms with Crippen molar-refractivity contribution in [3.63, 3.8) is 0 Å². The topological polar surface area (TPSA) is 57.4 Å². The zero-order valence-corrected chi connectivity index (χ0v) is 9.94. The van der Waals surface area contributed by atoms with Gasteiger partial charge in [-0.3, -0.25) is 4.57 Å². The van der Waals surface area contributed by atoms with Crippen LogP contribution in [0.5, 0.6) is 11.8 Å². The average molecular weight is 232 g/mol. The van der Waals surface area contributed by atoms with E-state index in [4.69, 9.17) is 0 Å². The van der Waals surface area contributed by atoms with Gasteiger partial charge in [0.05, 0.1) is 6.67 Å². The van der Waals surface area contributed by atoms with E-state index in [1.165, 1.54) is 27.8 Å². The third-order valence-electron chi connectivity index (χ3n) is 2.97. The second-order valence-corrected chi connectivity index (χ2v) is 4.06. The first kappa shape index (κ1) is 11.4. The minimum atomic E-state index is 0.0420. The molecular formula is C13H16N2O2. The van der Waals surface area contributed by atoms with Crippen LogP contribution in [0.3, 0.4) is 0 Å². The van der Waals surface area contributed by atoms with Gasteiger partial charge in [0.1, 0.15) is 0 Å². The molecule has 0 atom stereocenters. The molecule has 0 amide bonds. The second kappa shape index (κ2) is 4.41. The summed E-state index contributed by atoms with van der Waals surface area (Å²) in [5, 5.41) is 22.2. The average Bonchev–Trinajstić information content (AvgIpc) is 2.62. The Labute approximate surface area is 100 Å². The van der Waals surface area contributed by atoms with Gasteiger partial charge in [0.25, 0.3) is 0 Å². The van der Waals surface area contributed by atoms with Gasteiger partial charge >= 0.3 is 0 Å². The maximum atomic E-state index is 9.50. The van der Waals surface area contributed by atoms with Crippen molar-refractivity contribution in [1.29, 1.82) is 0 Å². The van der Waals surface area contributed by atoms with E-state index in [2.05, 4.69) is 5.32 Å². The van der Waals surface area contributed by atoms with E-state index in [0.717, 1.165) is 5.69 Å². The lowest BCUT2D eigenvalue weighted by molar-refractivity contribution is 0.375. The molecule has 4 nitrogen and oxygen atoms in total. The summed E-state index contributed by atoms with van der Waals surface area (Å²) in [6.07, 6.45) is 0. The summed E-state index contributed by atoms with van der Waals surface area (Å²) >= 11 is 0. The van der Waals surface area contributed by atoms with Crippen LogP contribution in [0.1, 0.15) is 11.1 Å². The lowest BCUT2D eigenvalue weighted by Crippen LogP contribution is -2.08. The highest BCUT2D eigenvalue weighted by Gasteiger charge is 2.06. The van der Waals surface area contributed by atoms with Crippen LogP contribution < -0.4 is 5.32 Å². The van der Waals surface area contributed by atoms with Crippen LogP contribution in [0.15, 0.2) is 30.3 Å². The Morgan fingerprint density at radius 1 is 1.06 bits per heavy atom. The molecule has 0 spiro atoms. The third kappa shape index (κ3) is 2.20. The Morgan fingerprint density at radius 2 is 1.71 bits per heavy atom. The fourth-order valence-corrected chi connectivity index (χ4v) is 1.72. The van der Waals surface area contributed by atoms with Gasteiger partial charge < -0.3 is 15.5 Å². The van der Waals surface area contributed by atoms with Crippen LogP contribution in [0.2, 0.25) is 0 Å². The SMILES string of the molecule is Cc1cccc(NCn2c(O)ccc2O)c1C. The molecule has 1 heterocycles. The summed E-state index contributed by atoms with van der Waals surface area (Å²) < 4.78 is 1.39. The first-order chi connectivity index (χ1) is 8.09. The molecule has 1 aromatic carbocycles. The van der Waals surface area contributed by atoms with E-state index < -0.39 is 0 Å². The maximum Gasteiger partial charge on any atom is 0.195 e. The molecule has 0 aliphatic carbocycles. The minimum absolute atomic E-state index is 0.0420. The zero-order chi connectivity index (χ0) is 12.4. The largest absolute Gasteiger partial charge is 0.494 e. The highest BCUT2D eigenvalue weighted by molar-refractivity contribution is 5.53. The Balaban J connectivity index is 2.15. The number of rotatable bonds is 3. The molecule has 0 aliphatic rings. The predicted octanol–water partition coefficient (Wildman–Crippen LogP) is 2.59. The summed E-state index contributed by atoms with van der Waals surface area (Å²) in [4.78, 5) is 0. The van der Waals surface area contributed by atoms with Crippen LogP contribution in [-0.2, 0) is 6.67 Å². The van der Waals surface area contributed by atoms with E-state index in [1.807, 2.05) is 32.0 Å². The van der Waals surface area contributed by atoms with Crippen LogP contribution in [-0.4, -0.2) is 14.8 Å². The monoisotopic (exact) mass is 232 g/mol. The first-order valence-corrected chi connectivity index (χ1v) is 5.47. The summed E-state index contributed by atoms with van der Waals surface area (Å²) in [6, 6.07) is 8.91. The van der Waals surface area contributed by atoms with Crippen molar-refractivity contribution < 1.29 is 10.2 Å². The molecule has 0 aliphatic heterocycles. The molecule has 0 saturated heterocycles. The van der Waals surface area contributed by atoms with Gasteiger partial charge in [-0.2, -0.15) is 0 Å². The molecular weight excluding hydrogens is 216 g/mol. The smallest absolute Gasteiger partial charge is 0.195 e. The molecule has 0 unspecified atom stereocenters. The summed E-state index contributed by atoms with van der Waals surface area (Å²) in [5.74, 6) is 0.0839. The molecule has 1 aromatic heterocycles. The van der Waals surface area contributed by atoms with Gasteiger partial charge in [-0.1, -0.05) is 12.1 Å². The van der Waals surface area contributed by atoms with Crippen LogP contribution in [0, 0.1) is 13.8 Å². The number of aromatic hydroxyl groups is 2. The maximum absolute atomic E-state index is 9.50. The Hall–Kier alpha value is -2.10. The Morgan fingerprint density at radius 3 is 2.35 bits per heavy atom. The van der Waals surface area contributed by atoms with Crippen molar-refractivity contribution in [2.45, 2.75) is 20.5 Å². The summed E-state index contributed by atoms with van der Waals surface area (Å²) in [6.45, 7) is 4.41. The highest BCUT2D eigenvalue weighted by atomic mass is 16.3. The number of nitrogens with one attached hydrogen (secondary N) is 1. The standard InChI is InChI=1S/C13H16N2O2/c1-9-4-3-5-11(10(9)2)14-8-15-12(16)6-7-13(15)17/h3-7,14,16-17H,8H2,1-2H3. The number of nitrogens with zero attached hydrogens (tertiary/aromatic N) is 1. The fraction of sp³-hybridized carbons (Fsp3) is 0.231. The molecule has 0 fully saturated rings. The zero-order valence-electron chi connectivity index (χ0n) is 9.94. The van der Waals surface area contributed by atoms with E-state index in [9.17, 15) is 10.2 Å². The molecule has 2 aromatic rings. The summed E-state index contributed by atoms with van der Waals surface area (Å²) in [7, 11) is 0. The predicted molar refractivity (Wildman–Crippen MR) is 67.3 cm³/mol. The van der Waals surface area contributed by atoms with Crippen molar-refractivity contribution in [2.24, 2.45) is 0 Å². The van der Waals surface area contributed by atoms with Gasteiger partial charge in [0.15, 0.2) is 11.8 Å². The number of hydrogen-bond donors (Lipinski definition) is 3. The van der Waals surface area contributed by atoms with E-state index in [1.54, 1.807) is 0 Å². The molecule has 17 heavy (non-hydrogen) atoms. The lowest BCUT2D eigenvalue weighted by atomic mass is 10.1. The Bertz CT molecular complexity index is 513. The third-order valence-corrected chi connectivity index (χ3v) is 2.97. The van der Waals surface area contributed by atoms with Crippen molar-refractivity contribution in [1.82, 2.24) is 4.57 Å². The fourth-order valence-electron chi connectivity index (χ4n) is 1.72. The number of benzene rings is 1. The van der Waals surface area contributed by atoms with Crippen LogP contribution >= 0.6 is 0 Å². The number of anilines is 1. The molecule has 0 saturated carbocycles. The number of aromatic nitrogens is 1. The lowest BCUT2D eigenvalue weighted by Gasteiger charge is -2.13. The quantitative estimate of drug-likeness (QED) is 0.762. The molecule has 2 rings (SSSR count). The number of aryl methyl sites for hydroxylation is 1. The van der Waals surface area contributed by atoms with Crippen LogP contribution in [0.25, 0.3) is 0 Å². The van der Waals surface area contributed by atoms with E-state index in [-0.39, 0.29) is 11.8 Å². The van der Waals surface area contributed by atoms with Gasteiger partial charge in [0, 0.05) is 17.8 Å². The van der Waals surface area contributed by atoms with Gasteiger partial charge in [-0.15, -0.1) is 0 Å². The summed E-state index contributed by atoms with van der Waals surface area (Å²) in [5.41, 5.74) is 3.37. The van der Waals surface area contributed by atoms with Gasteiger partial charge in [0.2, 0.25) is 0 Å². The van der Waals surface area contributed by atoms with Gasteiger partial charge in [-0.05, 0) is 31.0 Å². The normalized spacial score (nSPS) is 10.5. The van der Waals surface area contributed by atoms with E-state index in [0.29, 0.717) is 6.67 Å². The number of hydrogen-bond acceptors (Lipinski definition) is 3. The van der Waals surface area contributed by atoms with Crippen molar-refractivity contribution in [3.8, 4) is 11.8 Å². The van der Waals surface area contributed by atoms with Gasteiger partial charge in [-0.25, -0.2) is 0 Å². The van der Waals surface area contributed by atoms with Crippen LogP contribution in [0.4, 0.5) is 5.69 Å². The van der Waals surface area contributed by atoms with Crippen molar-refractivity contribution >= 4 is 5.69 Å². The first-order valence-electron chi connectivity index (χ1n) is 5.47.